The molecule has 1 aromatic heterocycles. The van der Waals surface area contributed by atoms with E-state index in [1.165, 1.54) is 5.56 Å². The second kappa shape index (κ2) is 11.2. The number of aliphatic imine (C=N–C) groups is 1. The molecule has 27 heavy (non-hydrogen) atoms. The molecule has 1 aromatic carbocycles. The summed E-state index contributed by atoms with van der Waals surface area (Å²) in [5.41, 5.74) is 2.30. The van der Waals surface area contributed by atoms with E-state index in [9.17, 15) is 0 Å². The summed E-state index contributed by atoms with van der Waals surface area (Å²) in [4.78, 5) is 11.0. The average Bonchev–Trinajstić information content (AvgIpc) is 2.74. The number of pyridine rings is 1. The van der Waals surface area contributed by atoms with Crippen LogP contribution in [0.3, 0.4) is 0 Å². The lowest BCUT2D eigenvalue weighted by atomic mass is 10.1. The zero-order chi connectivity index (χ0) is 19.5. The number of benzene rings is 1. The van der Waals surface area contributed by atoms with Gasteiger partial charge in [0.05, 0.1) is 13.2 Å². The first-order chi connectivity index (χ1) is 13.2. The lowest BCUT2D eigenvalue weighted by Gasteiger charge is -2.30. The number of aromatic nitrogens is 1. The molecule has 2 N–H and O–H groups in total. The van der Waals surface area contributed by atoms with E-state index in [0.717, 1.165) is 31.2 Å². The first-order valence-corrected chi connectivity index (χ1v) is 9.44. The predicted molar refractivity (Wildman–Crippen MR) is 111 cm³/mol. The highest BCUT2D eigenvalue weighted by atomic mass is 16.5. The fourth-order valence-corrected chi connectivity index (χ4v) is 3.13. The molecule has 1 heterocycles. The van der Waals surface area contributed by atoms with E-state index >= 15 is 0 Å². The van der Waals surface area contributed by atoms with Crippen molar-refractivity contribution in [1.82, 2.24) is 20.5 Å². The second-order valence-electron chi connectivity index (χ2n) is 6.13. The van der Waals surface area contributed by atoms with Crippen LogP contribution in [0.15, 0.2) is 53.7 Å². The van der Waals surface area contributed by atoms with Crippen LogP contribution in [-0.2, 0) is 6.54 Å². The maximum absolute atomic E-state index is 5.31. The summed E-state index contributed by atoms with van der Waals surface area (Å²) in [6.07, 6.45) is 1.73. The SMILES string of the molecule is CCN(CC)C(CNC(=NC)NCc1cccnc1OC)c1ccccc1. The minimum Gasteiger partial charge on any atom is -0.481 e. The van der Waals surface area contributed by atoms with E-state index in [0.29, 0.717) is 12.4 Å². The molecular weight excluding hydrogens is 338 g/mol. The fourth-order valence-electron chi connectivity index (χ4n) is 3.13. The molecule has 0 spiro atoms. The molecule has 0 radical (unpaired) electrons. The molecule has 0 aliphatic rings. The van der Waals surface area contributed by atoms with Gasteiger partial charge < -0.3 is 15.4 Å². The van der Waals surface area contributed by atoms with Gasteiger partial charge in [0.1, 0.15) is 0 Å². The van der Waals surface area contributed by atoms with Crippen LogP contribution in [0.2, 0.25) is 0 Å². The Bertz CT molecular complexity index is 701. The van der Waals surface area contributed by atoms with Gasteiger partial charge in [0.2, 0.25) is 5.88 Å². The Morgan fingerprint density at radius 2 is 1.85 bits per heavy atom. The van der Waals surface area contributed by atoms with Crippen LogP contribution >= 0.6 is 0 Å². The molecule has 0 amide bonds. The van der Waals surface area contributed by atoms with E-state index in [1.54, 1.807) is 20.4 Å². The van der Waals surface area contributed by atoms with Gasteiger partial charge in [-0.2, -0.15) is 0 Å². The summed E-state index contributed by atoms with van der Waals surface area (Å²) >= 11 is 0. The van der Waals surface area contributed by atoms with Crippen molar-refractivity contribution in [2.24, 2.45) is 4.99 Å². The maximum atomic E-state index is 5.31. The zero-order valence-corrected chi connectivity index (χ0v) is 16.8. The summed E-state index contributed by atoms with van der Waals surface area (Å²) in [5.74, 6) is 1.39. The van der Waals surface area contributed by atoms with Crippen molar-refractivity contribution < 1.29 is 4.74 Å². The number of methoxy groups -OCH3 is 1. The summed E-state index contributed by atoms with van der Waals surface area (Å²) in [7, 11) is 3.41. The quantitative estimate of drug-likeness (QED) is 0.526. The highest BCUT2D eigenvalue weighted by molar-refractivity contribution is 5.79. The monoisotopic (exact) mass is 369 g/mol. The minimum absolute atomic E-state index is 0.285. The average molecular weight is 370 g/mol. The molecular formula is C21H31N5O. The number of hydrogen-bond donors (Lipinski definition) is 2. The number of hydrogen-bond acceptors (Lipinski definition) is 4. The number of rotatable bonds is 9. The molecule has 0 aliphatic carbocycles. The first-order valence-electron chi connectivity index (χ1n) is 9.44. The lowest BCUT2D eigenvalue weighted by Crippen LogP contribution is -2.43. The molecule has 0 saturated carbocycles. The van der Waals surface area contributed by atoms with Gasteiger partial charge in [-0.25, -0.2) is 4.98 Å². The van der Waals surface area contributed by atoms with Gasteiger partial charge in [-0.1, -0.05) is 50.2 Å². The van der Waals surface area contributed by atoms with Crippen LogP contribution in [0.5, 0.6) is 5.88 Å². The van der Waals surface area contributed by atoms with Gasteiger partial charge in [-0.15, -0.1) is 0 Å². The van der Waals surface area contributed by atoms with Crippen molar-refractivity contribution in [2.75, 3.05) is 33.8 Å². The molecule has 1 unspecified atom stereocenters. The number of guanidine groups is 1. The summed E-state index contributed by atoms with van der Waals surface area (Å²) in [6.45, 7) is 7.75. The Kier molecular flexibility index (Phi) is 8.58. The summed E-state index contributed by atoms with van der Waals surface area (Å²) < 4.78 is 5.31. The standard InChI is InChI=1S/C21H31N5O/c1-5-26(6-2)19(17-11-8-7-9-12-17)16-25-21(22-3)24-15-18-13-10-14-23-20(18)27-4/h7-14,19H,5-6,15-16H2,1-4H3,(H2,22,24,25). The van der Waals surface area contributed by atoms with Crippen molar-refractivity contribution >= 4 is 5.96 Å². The van der Waals surface area contributed by atoms with Gasteiger partial charge in [-0.3, -0.25) is 9.89 Å². The molecule has 1 atom stereocenters. The fraction of sp³-hybridized carbons (Fsp3) is 0.429. The van der Waals surface area contributed by atoms with Gasteiger partial charge in [0, 0.05) is 31.9 Å². The van der Waals surface area contributed by atoms with E-state index < -0.39 is 0 Å². The van der Waals surface area contributed by atoms with Crippen LogP contribution < -0.4 is 15.4 Å². The second-order valence-corrected chi connectivity index (χ2v) is 6.13. The zero-order valence-electron chi connectivity index (χ0n) is 16.8. The molecule has 146 valence electrons. The maximum Gasteiger partial charge on any atom is 0.218 e. The highest BCUT2D eigenvalue weighted by Gasteiger charge is 2.18. The molecule has 0 saturated heterocycles. The van der Waals surface area contributed by atoms with Gasteiger partial charge in [0.25, 0.3) is 0 Å². The smallest absolute Gasteiger partial charge is 0.218 e. The van der Waals surface area contributed by atoms with Crippen LogP contribution in [0.1, 0.15) is 31.0 Å². The Morgan fingerprint density at radius 3 is 2.48 bits per heavy atom. The van der Waals surface area contributed by atoms with E-state index in [1.807, 2.05) is 12.1 Å². The highest BCUT2D eigenvalue weighted by Crippen LogP contribution is 2.19. The topological polar surface area (TPSA) is 61.8 Å². The van der Waals surface area contributed by atoms with Gasteiger partial charge >= 0.3 is 0 Å². The van der Waals surface area contributed by atoms with Gasteiger partial charge in [-0.05, 0) is 24.7 Å². The Labute approximate surface area is 162 Å². The molecule has 0 bridgehead atoms. The largest absolute Gasteiger partial charge is 0.481 e. The van der Waals surface area contributed by atoms with Gasteiger partial charge in [0.15, 0.2) is 5.96 Å². The van der Waals surface area contributed by atoms with Crippen LogP contribution in [-0.4, -0.2) is 49.6 Å². The number of ether oxygens (including phenoxy) is 1. The third kappa shape index (κ3) is 5.96. The molecule has 6 heteroatoms. The molecule has 2 aromatic rings. The summed E-state index contributed by atoms with van der Waals surface area (Å²) in [6, 6.07) is 14.8. The van der Waals surface area contributed by atoms with Crippen LogP contribution in [0.25, 0.3) is 0 Å². The lowest BCUT2D eigenvalue weighted by molar-refractivity contribution is 0.219. The van der Waals surface area contributed by atoms with E-state index in [2.05, 4.69) is 69.7 Å². The first kappa shape index (κ1) is 20.7. The van der Waals surface area contributed by atoms with Crippen molar-refractivity contribution in [3.63, 3.8) is 0 Å². The van der Waals surface area contributed by atoms with Crippen molar-refractivity contribution in [2.45, 2.75) is 26.4 Å². The van der Waals surface area contributed by atoms with Crippen molar-refractivity contribution in [3.8, 4) is 5.88 Å². The number of nitrogens with zero attached hydrogens (tertiary/aromatic N) is 3. The number of likely N-dealkylation sites (N-methyl/N-ethyl adjacent to an activating group) is 1. The third-order valence-corrected chi connectivity index (χ3v) is 4.61. The van der Waals surface area contributed by atoms with Crippen molar-refractivity contribution in [3.05, 3.63) is 59.8 Å². The molecule has 0 fully saturated rings. The van der Waals surface area contributed by atoms with Crippen molar-refractivity contribution in [1.29, 1.82) is 0 Å². The molecule has 2 rings (SSSR count). The molecule has 6 nitrogen and oxygen atoms in total. The van der Waals surface area contributed by atoms with E-state index in [-0.39, 0.29) is 6.04 Å². The third-order valence-electron chi connectivity index (χ3n) is 4.61. The Balaban J connectivity index is 2.01. The van der Waals surface area contributed by atoms with E-state index in [4.69, 9.17) is 4.74 Å². The number of nitrogens with one attached hydrogen (secondary N) is 2. The normalized spacial score (nSPS) is 12.7. The molecule has 0 aliphatic heterocycles. The Morgan fingerprint density at radius 1 is 1.11 bits per heavy atom. The summed E-state index contributed by atoms with van der Waals surface area (Å²) in [5, 5.41) is 6.80. The Hall–Kier alpha value is -2.60. The predicted octanol–water partition coefficient (Wildman–Crippen LogP) is 2.84. The minimum atomic E-state index is 0.285. The van der Waals surface area contributed by atoms with Crippen LogP contribution in [0.4, 0.5) is 0 Å². The van der Waals surface area contributed by atoms with Crippen LogP contribution in [0, 0.1) is 0 Å².